The molecule has 0 spiro atoms. The Balaban J connectivity index is 1.73. The van der Waals surface area contributed by atoms with Gasteiger partial charge in [0.1, 0.15) is 0 Å². The van der Waals surface area contributed by atoms with Crippen molar-refractivity contribution in [1.82, 2.24) is 0 Å². The van der Waals surface area contributed by atoms with Crippen LogP contribution in [0.25, 0.3) is 0 Å². The van der Waals surface area contributed by atoms with E-state index in [0.717, 1.165) is 19.3 Å². The molecule has 5 nitrogen and oxygen atoms in total. The van der Waals surface area contributed by atoms with Crippen LogP contribution in [0, 0.1) is 34.5 Å². The maximum absolute atomic E-state index is 11.9. The Labute approximate surface area is 161 Å². The van der Waals surface area contributed by atoms with Gasteiger partial charge in [0.2, 0.25) is 12.6 Å². The highest BCUT2D eigenvalue weighted by Gasteiger charge is 2.64. The zero-order valence-corrected chi connectivity index (χ0v) is 17.0. The smallest absolute Gasteiger partial charge is 0.308 e. The van der Waals surface area contributed by atoms with E-state index in [1.54, 1.807) is 0 Å². The number of allylic oxidation sites excluding steroid dienone is 1. The number of hydrogen-bond donors (Lipinski definition) is 0. The molecule has 0 aromatic rings. The van der Waals surface area contributed by atoms with Crippen molar-refractivity contribution in [1.29, 1.82) is 0 Å². The largest absolute Gasteiger partial charge is 0.435 e. The Morgan fingerprint density at radius 1 is 1.26 bits per heavy atom. The number of ether oxygens (including phenoxy) is 3. The second-order valence-corrected chi connectivity index (χ2v) is 9.99. The minimum absolute atomic E-state index is 0.0431. The summed E-state index contributed by atoms with van der Waals surface area (Å²) < 4.78 is 16.9. The van der Waals surface area contributed by atoms with Gasteiger partial charge >= 0.3 is 11.9 Å². The lowest BCUT2D eigenvalue weighted by Crippen LogP contribution is -2.44. The molecule has 0 aromatic heterocycles. The lowest BCUT2D eigenvalue weighted by molar-refractivity contribution is -0.214. The standard InChI is InChI=1S/C22H32O5/c1-12-7-6-9-21(3,4)15-8-10-22(5,17(12)15)18-14-11-16(24)26-19(14)27-20(18)25-13(2)23/h14-15,17-20H,1,6-11H2,2-5H3/t14-,15+,17+,18+,19+,20+,22+/m1/s1. The quantitative estimate of drug-likeness (QED) is 0.534. The van der Waals surface area contributed by atoms with E-state index in [4.69, 9.17) is 14.2 Å². The van der Waals surface area contributed by atoms with Crippen molar-refractivity contribution in [2.75, 3.05) is 0 Å². The molecule has 2 aliphatic carbocycles. The van der Waals surface area contributed by atoms with E-state index in [9.17, 15) is 9.59 Å². The van der Waals surface area contributed by atoms with Gasteiger partial charge in [0.25, 0.3) is 0 Å². The third-order valence-electron chi connectivity index (χ3n) is 7.94. The van der Waals surface area contributed by atoms with Crippen molar-refractivity contribution in [3.63, 3.8) is 0 Å². The fraction of sp³-hybridized carbons (Fsp3) is 0.818. The van der Waals surface area contributed by atoms with Crippen LogP contribution in [0.3, 0.4) is 0 Å². The summed E-state index contributed by atoms with van der Waals surface area (Å²) >= 11 is 0. The molecule has 5 heteroatoms. The summed E-state index contributed by atoms with van der Waals surface area (Å²) in [7, 11) is 0. The summed E-state index contributed by atoms with van der Waals surface area (Å²) in [5, 5.41) is 0. The second-order valence-electron chi connectivity index (χ2n) is 9.99. The van der Waals surface area contributed by atoms with Gasteiger partial charge in [0.15, 0.2) is 0 Å². The third kappa shape index (κ3) is 2.93. The average Bonchev–Trinajstić information content (AvgIpc) is 3.14. The zero-order valence-electron chi connectivity index (χ0n) is 17.0. The van der Waals surface area contributed by atoms with Gasteiger partial charge in [-0.05, 0) is 54.8 Å². The van der Waals surface area contributed by atoms with E-state index in [-0.39, 0.29) is 34.6 Å². The van der Waals surface area contributed by atoms with Crippen molar-refractivity contribution in [3.8, 4) is 0 Å². The van der Waals surface area contributed by atoms with Crippen molar-refractivity contribution in [2.45, 2.75) is 78.8 Å². The van der Waals surface area contributed by atoms with Crippen LogP contribution in [-0.2, 0) is 23.8 Å². The molecule has 2 saturated carbocycles. The van der Waals surface area contributed by atoms with Gasteiger partial charge in [-0.25, -0.2) is 0 Å². The number of hydrogen-bond acceptors (Lipinski definition) is 5. The Morgan fingerprint density at radius 2 is 2.00 bits per heavy atom. The molecule has 4 rings (SSSR count). The molecule has 2 heterocycles. The molecule has 2 aliphatic heterocycles. The van der Waals surface area contributed by atoms with E-state index >= 15 is 0 Å². The molecule has 4 fully saturated rings. The van der Waals surface area contributed by atoms with Gasteiger partial charge in [-0.3, -0.25) is 9.59 Å². The average molecular weight is 376 g/mol. The molecule has 4 aliphatic rings. The predicted molar refractivity (Wildman–Crippen MR) is 99.2 cm³/mol. The minimum atomic E-state index is -0.645. The summed E-state index contributed by atoms with van der Waals surface area (Å²) in [5.74, 6) is 0.260. The highest BCUT2D eigenvalue weighted by molar-refractivity contribution is 5.72. The fourth-order valence-electron chi connectivity index (χ4n) is 6.79. The lowest BCUT2D eigenvalue weighted by Gasteiger charge is -2.44. The van der Waals surface area contributed by atoms with Crippen molar-refractivity contribution in [2.24, 2.45) is 34.5 Å². The molecule has 0 aromatic carbocycles. The normalized spacial score (nSPS) is 45.8. The van der Waals surface area contributed by atoms with E-state index in [1.807, 2.05) is 0 Å². The van der Waals surface area contributed by atoms with Crippen LogP contribution in [-0.4, -0.2) is 24.5 Å². The number of fused-ring (bicyclic) bond motifs is 2. The monoisotopic (exact) mass is 376 g/mol. The van der Waals surface area contributed by atoms with E-state index in [2.05, 4.69) is 27.4 Å². The van der Waals surface area contributed by atoms with E-state index in [1.165, 1.54) is 25.3 Å². The maximum Gasteiger partial charge on any atom is 0.308 e. The molecule has 150 valence electrons. The summed E-state index contributed by atoms with van der Waals surface area (Å²) in [6.07, 6.45) is 4.73. The molecular weight excluding hydrogens is 344 g/mol. The molecule has 0 unspecified atom stereocenters. The summed E-state index contributed by atoms with van der Waals surface area (Å²) in [4.78, 5) is 23.7. The molecule has 27 heavy (non-hydrogen) atoms. The molecule has 2 saturated heterocycles. The number of rotatable bonds is 2. The summed E-state index contributed by atoms with van der Waals surface area (Å²) in [5.41, 5.74) is 1.47. The highest BCUT2D eigenvalue weighted by atomic mass is 16.8. The molecule has 0 amide bonds. The maximum atomic E-state index is 11.9. The van der Waals surface area contributed by atoms with Crippen LogP contribution in [0.4, 0.5) is 0 Å². The van der Waals surface area contributed by atoms with Crippen LogP contribution < -0.4 is 0 Å². The first-order valence-corrected chi connectivity index (χ1v) is 10.3. The molecule has 7 atom stereocenters. The molecular formula is C22H32O5. The third-order valence-corrected chi connectivity index (χ3v) is 7.94. The van der Waals surface area contributed by atoms with Crippen LogP contribution in [0.15, 0.2) is 12.2 Å². The van der Waals surface area contributed by atoms with Crippen LogP contribution in [0.5, 0.6) is 0 Å². The van der Waals surface area contributed by atoms with Gasteiger partial charge < -0.3 is 14.2 Å². The van der Waals surface area contributed by atoms with Crippen molar-refractivity contribution in [3.05, 3.63) is 12.2 Å². The Bertz CT molecular complexity index is 668. The summed E-state index contributed by atoms with van der Waals surface area (Å²) in [6.45, 7) is 13.0. The van der Waals surface area contributed by atoms with Gasteiger partial charge in [0.05, 0.1) is 6.42 Å². The Morgan fingerprint density at radius 3 is 2.70 bits per heavy atom. The fourth-order valence-corrected chi connectivity index (χ4v) is 6.79. The van der Waals surface area contributed by atoms with Gasteiger partial charge in [-0.1, -0.05) is 32.9 Å². The predicted octanol–water partition coefficient (Wildman–Crippen LogP) is 4.21. The number of esters is 2. The molecule has 0 bridgehead atoms. The first-order valence-electron chi connectivity index (χ1n) is 10.3. The van der Waals surface area contributed by atoms with Crippen LogP contribution in [0.1, 0.15) is 66.2 Å². The first kappa shape index (κ1) is 19.0. The molecule has 0 N–H and O–H groups in total. The topological polar surface area (TPSA) is 61.8 Å². The van der Waals surface area contributed by atoms with Crippen LogP contribution in [0.2, 0.25) is 0 Å². The van der Waals surface area contributed by atoms with Crippen LogP contribution >= 0.6 is 0 Å². The second kappa shape index (κ2) is 6.33. The van der Waals surface area contributed by atoms with Gasteiger partial charge in [-0.2, -0.15) is 0 Å². The first-order chi connectivity index (χ1) is 12.6. The Kier molecular flexibility index (Phi) is 4.45. The minimum Gasteiger partial charge on any atom is -0.435 e. The zero-order chi connectivity index (χ0) is 19.6. The number of carbonyl (C=O) groups excluding carboxylic acids is 2. The SMILES string of the molecule is C=C1CCCC(C)(C)[C@H]2CC[C@](C)([C@@H]3[C@@H](OC(C)=O)O[C@@H]4OC(=O)C[C@@H]43)[C@@H]12. The highest BCUT2D eigenvalue weighted by Crippen LogP contribution is 2.65. The van der Waals surface area contributed by atoms with Crippen molar-refractivity contribution >= 4 is 11.9 Å². The Hall–Kier alpha value is -1.36. The van der Waals surface area contributed by atoms with Crippen molar-refractivity contribution < 1.29 is 23.8 Å². The lowest BCUT2D eigenvalue weighted by atomic mass is 9.59. The van der Waals surface area contributed by atoms with E-state index in [0.29, 0.717) is 18.3 Å². The van der Waals surface area contributed by atoms with Gasteiger partial charge in [0, 0.05) is 18.8 Å². The number of carbonyl (C=O) groups is 2. The van der Waals surface area contributed by atoms with Gasteiger partial charge in [-0.15, -0.1) is 0 Å². The summed E-state index contributed by atoms with van der Waals surface area (Å²) in [6, 6.07) is 0. The molecule has 0 radical (unpaired) electrons. The van der Waals surface area contributed by atoms with E-state index < -0.39 is 12.6 Å².